The molecular weight excluding hydrogens is 352 g/mol. The first-order valence-corrected chi connectivity index (χ1v) is 8.14. The van der Waals surface area contributed by atoms with E-state index in [2.05, 4.69) is 5.32 Å². The number of hydrogen-bond acceptors (Lipinski definition) is 5. The molecule has 1 heterocycles. The minimum Gasteiger partial charge on any atom is -0.497 e. The number of carbonyl (C=O) groups excluding carboxylic acids is 2. The van der Waals surface area contributed by atoms with Gasteiger partial charge in [-0.1, -0.05) is 12.1 Å². The fourth-order valence-corrected chi connectivity index (χ4v) is 2.77. The zero-order valence-electron chi connectivity index (χ0n) is 14.2. The van der Waals surface area contributed by atoms with Crippen molar-refractivity contribution in [2.45, 2.75) is 0 Å². The van der Waals surface area contributed by atoms with Crippen LogP contribution in [0.5, 0.6) is 11.5 Å². The van der Waals surface area contributed by atoms with Gasteiger partial charge in [0.05, 0.1) is 19.9 Å². The van der Waals surface area contributed by atoms with E-state index < -0.39 is 11.8 Å². The van der Waals surface area contributed by atoms with Crippen molar-refractivity contribution in [2.24, 2.45) is 0 Å². The number of thiocarbonyl (C=S) groups is 1. The number of nitrogens with one attached hydrogen (secondary N) is 1. The summed E-state index contributed by atoms with van der Waals surface area (Å²) in [6.07, 6.45) is 1.52. The summed E-state index contributed by atoms with van der Waals surface area (Å²) < 4.78 is 10.2. The van der Waals surface area contributed by atoms with Crippen molar-refractivity contribution in [3.63, 3.8) is 0 Å². The maximum atomic E-state index is 12.9. The zero-order chi connectivity index (χ0) is 18.7. The summed E-state index contributed by atoms with van der Waals surface area (Å²) in [6.45, 7) is 0. The summed E-state index contributed by atoms with van der Waals surface area (Å²) in [6, 6.07) is 13.9. The third kappa shape index (κ3) is 3.43. The van der Waals surface area contributed by atoms with Crippen molar-refractivity contribution in [3.8, 4) is 11.5 Å². The Morgan fingerprint density at radius 2 is 1.46 bits per heavy atom. The topological polar surface area (TPSA) is 67.9 Å². The van der Waals surface area contributed by atoms with E-state index in [4.69, 9.17) is 21.7 Å². The molecule has 0 radical (unpaired) electrons. The van der Waals surface area contributed by atoms with Gasteiger partial charge in [-0.05, 0) is 60.3 Å². The molecule has 1 N–H and O–H groups in total. The highest BCUT2D eigenvalue weighted by atomic mass is 32.1. The van der Waals surface area contributed by atoms with Crippen LogP contribution in [0, 0.1) is 0 Å². The average Bonchev–Trinajstić information content (AvgIpc) is 2.66. The molecule has 1 fully saturated rings. The lowest BCUT2D eigenvalue weighted by molar-refractivity contribution is -0.122. The van der Waals surface area contributed by atoms with Crippen LogP contribution in [0.25, 0.3) is 6.08 Å². The second-order valence-electron chi connectivity index (χ2n) is 5.43. The Morgan fingerprint density at radius 1 is 0.923 bits per heavy atom. The van der Waals surface area contributed by atoms with Crippen molar-refractivity contribution in [1.82, 2.24) is 5.32 Å². The minimum absolute atomic E-state index is 0.000384. The molecule has 1 aliphatic heterocycles. The van der Waals surface area contributed by atoms with Crippen LogP contribution in [0.4, 0.5) is 5.69 Å². The standard InChI is InChI=1S/C19H16N2O4S/c1-24-14-7-3-12(4-8-14)11-16-17(22)20-19(26)21(18(16)23)13-5-9-15(25-2)10-6-13/h3-11H,1-2H3,(H,20,22,26)/b16-11-. The first-order chi connectivity index (χ1) is 12.5. The Labute approximate surface area is 156 Å². The molecule has 3 rings (SSSR count). The van der Waals surface area contributed by atoms with Gasteiger partial charge in [0.25, 0.3) is 11.8 Å². The van der Waals surface area contributed by atoms with Gasteiger partial charge in [0.1, 0.15) is 17.1 Å². The van der Waals surface area contributed by atoms with Crippen LogP contribution >= 0.6 is 12.2 Å². The van der Waals surface area contributed by atoms with E-state index in [1.165, 1.54) is 11.0 Å². The summed E-state index contributed by atoms with van der Waals surface area (Å²) in [5, 5.41) is 2.59. The Hall–Kier alpha value is -3.19. The molecular formula is C19H16N2O4S. The highest BCUT2D eigenvalue weighted by molar-refractivity contribution is 7.80. The van der Waals surface area contributed by atoms with Crippen molar-refractivity contribution < 1.29 is 19.1 Å². The monoisotopic (exact) mass is 368 g/mol. The molecule has 0 unspecified atom stereocenters. The lowest BCUT2D eigenvalue weighted by Crippen LogP contribution is -2.54. The fraction of sp³-hybridized carbons (Fsp3) is 0.105. The van der Waals surface area contributed by atoms with Gasteiger partial charge < -0.3 is 9.47 Å². The number of anilines is 1. The van der Waals surface area contributed by atoms with Crippen LogP contribution < -0.4 is 19.7 Å². The van der Waals surface area contributed by atoms with E-state index >= 15 is 0 Å². The summed E-state index contributed by atoms with van der Waals surface area (Å²) in [4.78, 5) is 26.4. The molecule has 2 amide bonds. The van der Waals surface area contributed by atoms with Crippen LogP contribution in [-0.2, 0) is 9.59 Å². The second kappa shape index (κ2) is 7.37. The van der Waals surface area contributed by atoms with E-state index in [9.17, 15) is 9.59 Å². The van der Waals surface area contributed by atoms with Gasteiger partial charge in [-0.15, -0.1) is 0 Å². The normalized spacial score (nSPS) is 15.8. The van der Waals surface area contributed by atoms with Gasteiger partial charge in [0, 0.05) is 0 Å². The molecule has 1 aliphatic rings. The highest BCUT2D eigenvalue weighted by Crippen LogP contribution is 2.24. The molecule has 7 heteroatoms. The lowest BCUT2D eigenvalue weighted by atomic mass is 10.1. The smallest absolute Gasteiger partial charge is 0.270 e. The molecule has 0 aromatic heterocycles. The summed E-state index contributed by atoms with van der Waals surface area (Å²) in [5.41, 5.74) is 1.24. The SMILES string of the molecule is COc1ccc(/C=C2/C(=O)NC(=S)N(c3ccc(OC)cc3)C2=O)cc1. The number of rotatable bonds is 4. The molecule has 26 heavy (non-hydrogen) atoms. The van der Waals surface area contributed by atoms with Crippen LogP contribution in [-0.4, -0.2) is 31.1 Å². The third-order valence-electron chi connectivity index (χ3n) is 3.86. The molecule has 1 saturated heterocycles. The quantitative estimate of drug-likeness (QED) is 0.510. The maximum Gasteiger partial charge on any atom is 0.270 e. The fourth-order valence-electron chi connectivity index (χ4n) is 2.49. The maximum absolute atomic E-state index is 12.9. The van der Waals surface area contributed by atoms with E-state index in [0.717, 1.165) is 0 Å². The predicted molar refractivity (Wildman–Crippen MR) is 102 cm³/mol. The molecule has 0 atom stereocenters. The Balaban J connectivity index is 1.95. The molecule has 2 aromatic carbocycles. The third-order valence-corrected chi connectivity index (χ3v) is 4.14. The van der Waals surface area contributed by atoms with Crippen LogP contribution in [0.2, 0.25) is 0 Å². The lowest BCUT2D eigenvalue weighted by Gasteiger charge is -2.29. The highest BCUT2D eigenvalue weighted by Gasteiger charge is 2.34. The van der Waals surface area contributed by atoms with Crippen LogP contribution in [0.15, 0.2) is 54.1 Å². The van der Waals surface area contributed by atoms with Crippen molar-refractivity contribution in [2.75, 3.05) is 19.1 Å². The van der Waals surface area contributed by atoms with Gasteiger partial charge in [0.2, 0.25) is 0 Å². The number of nitrogens with zero attached hydrogens (tertiary/aromatic N) is 1. The molecule has 0 spiro atoms. The van der Waals surface area contributed by atoms with Crippen molar-refractivity contribution >= 4 is 40.9 Å². The molecule has 0 bridgehead atoms. The second-order valence-corrected chi connectivity index (χ2v) is 5.82. The van der Waals surface area contributed by atoms with E-state index in [-0.39, 0.29) is 10.7 Å². The van der Waals surface area contributed by atoms with Gasteiger partial charge >= 0.3 is 0 Å². The molecule has 132 valence electrons. The number of ether oxygens (including phenoxy) is 2. The van der Waals surface area contributed by atoms with E-state index in [1.54, 1.807) is 62.8 Å². The van der Waals surface area contributed by atoms with Crippen LogP contribution in [0.1, 0.15) is 5.56 Å². The van der Waals surface area contributed by atoms with Crippen molar-refractivity contribution in [1.29, 1.82) is 0 Å². The van der Waals surface area contributed by atoms with Gasteiger partial charge in [-0.3, -0.25) is 19.8 Å². The Kier molecular flexibility index (Phi) is 4.99. The molecule has 6 nitrogen and oxygen atoms in total. The van der Waals surface area contributed by atoms with Crippen LogP contribution in [0.3, 0.4) is 0 Å². The molecule has 2 aromatic rings. The number of methoxy groups -OCH3 is 2. The van der Waals surface area contributed by atoms with Gasteiger partial charge in [-0.2, -0.15) is 0 Å². The first-order valence-electron chi connectivity index (χ1n) is 7.73. The first kappa shape index (κ1) is 17.6. The van der Waals surface area contributed by atoms with Crippen molar-refractivity contribution in [3.05, 3.63) is 59.7 Å². The van der Waals surface area contributed by atoms with Gasteiger partial charge in [0.15, 0.2) is 5.11 Å². The summed E-state index contributed by atoms with van der Waals surface area (Å²) in [7, 11) is 3.13. The Bertz CT molecular complexity index is 889. The summed E-state index contributed by atoms with van der Waals surface area (Å²) in [5.74, 6) is 0.329. The minimum atomic E-state index is -0.527. The number of hydrogen-bond donors (Lipinski definition) is 1. The number of carbonyl (C=O) groups is 2. The molecule has 0 saturated carbocycles. The van der Waals surface area contributed by atoms with Gasteiger partial charge in [-0.25, -0.2) is 0 Å². The largest absolute Gasteiger partial charge is 0.497 e. The van der Waals surface area contributed by atoms with E-state index in [1.807, 2.05) is 0 Å². The number of benzene rings is 2. The average molecular weight is 368 g/mol. The summed E-state index contributed by atoms with van der Waals surface area (Å²) >= 11 is 5.17. The Morgan fingerprint density at radius 3 is 2.00 bits per heavy atom. The number of amides is 2. The predicted octanol–water partition coefficient (Wildman–Crippen LogP) is 2.54. The zero-order valence-corrected chi connectivity index (χ0v) is 15.0. The van der Waals surface area contributed by atoms with E-state index in [0.29, 0.717) is 22.7 Å². The molecule has 0 aliphatic carbocycles.